The molecule has 2 N–H and O–H groups in total. The van der Waals surface area contributed by atoms with E-state index in [4.69, 9.17) is 18.0 Å². The molecule has 1 rings (SSSR count). The molecule has 3 nitrogen and oxygen atoms in total. The average Bonchev–Trinajstić information content (AvgIpc) is 2.26. The predicted octanol–water partition coefficient (Wildman–Crippen LogP) is 1.89. The van der Waals surface area contributed by atoms with E-state index in [1.807, 2.05) is 6.92 Å². The Morgan fingerprint density at radius 3 is 3.00 bits per heavy atom. The SMILES string of the molecule is C#CC(C)NCC(=O)Nc1cccc(Cl)c1. The van der Waals surface area contributed by atoms with E-state index in [0.29, 0.717) is 10.7 Å². The molecule has 1 aromatic carbocycles. The molecule has 0 saturated carbocycles. The Morgan fingerprint density at radius 2 is 2.38 bits per heavy atom. The van der Waals surface area contributed by atoms with Gasteiger partial charge in [-0.15, -0.1) is 6.42 Å². The van der Waals surface area contributed by atoms with E-state index in [9.17, 15) is 4.79 Å². The summed E-state index contributed by atoms with van der Waals surface area (Å²) in [5, 5.41) is 6.18. The van der Waals surface area contributed by atoms with E-state index < -0.39 is 0 Å². The molecule has 1 aromatic rings. The summed E-state index contributed by atoms with van der Waals surface area (Å²) < 4.78 is 0. The second-order valence-electron chi connectivity index (χ2n) is 3.33. The molecule has 0 radical (unpaired) electrons. The molecular formula is C12H13ClN2O. The summed E-state index contributed by atoms with van der Waals surface area (Å²) in [6.07, 6.45) is 5.17. The van der Waals surface area contributed by atoms with Gasteiger partial charge in [0, 0.05) is 10.7 Å². The van der Waals surface area contributed by atoms with E-state index in [1.54, 1.807) is 24.3 Å². The van der Waals surface area contributed by atoms with Crippen LogP contribution >= 0.6 is 11.6 Å². The Morgan fingerprint density at radius 1 is 1.62 bits per heavy atom. The fourth-order valence-electron chi connectivity index (χ4n) is 1.08. The number of carbonyl (C=O) groups excluding carboxylic acids is 1. The first kappa shape index (κ1) is 12.6. The van der Waals surface area contributed by atoms with Gasteiger partial charge in [0.25, 0.3) is 0 Å². The lowest BCUT2D eigenvalue weighted by atomic mass is 10.3. The van der Waals surface area contributed by atoms with Gasteiger partial charge in [0.1, 0.15) is 0 Å². The molecule has 0 fully saturated rings. The van der Waals surface area contributed by atoms with Gasteiger partial charge in [-0.3, -0.25) is 10.1 Å². The summed E-state index contributed by atoms with van der Waals surface area (Å²) in [5.74, 6) is 2.33. The third kappa shape index (κ3) is 4.35. The molecule has 0 aliphatic rings. The van der Waals surface area contributed by atoms with Crippen LogP contribution < -0.4 is 10.6 Å². The number of amides is 1. The molecule has 0 aliphatic carbocycles. The normalized spacial score (nSPS) is 11.6. The standard InChI is InChI=1S/C12H13ClN2O/c1-3-9(2)14-8-12(16)15-11-6-4-5-10(13)7-11/h1,4-7,9,14H,8H2,2H3,(H,15,16). The van der Waals surface area contributed by atoms with Crippen molar-refractivity contribution in [2.75, 3.05) is 11.9 Å². The zero-order valence-corrected chi connectivity index (χ0v) is 9.71. The van der Waals surface area contributed by atoms with E-state index in [2.05, 4.69) is 16.6 Å². The lowest BCUT2D eigenvalue weighted by molar-refractivity contribution is -0.115. The maximum Gasteiger partial charge on any atom is 0.238 e. The zero-order chi connectivity index (χ0) is 12.0. The zero-order valence-electron chi connectivity index (χ0n) is 8.96. The highest BCUT2D eigenvalue weighted by molar-refractivity contribution is 6.30. The number of anilines is 1. The van der Waals surface area contributed by atoms with E-state index in [-0.39, 0.29) is 18.5 Å². The fourth-order valence-corrected chi connectivity index (χ4v) is 1.27. The average molecular weight is 237 g/mol. The largest absolute Gasteiger partial charge is 0.325 e. The lowest BCUT2D eigenvalue weighted by Crippen LogP contribution is -2.33. The third-order valence-corrected chi connectivity index (χ3v) is 2.16. The van der Waals surface area contributed by atoms with Crippen molar-refractivity contribution in [3.05, 3.63) is 29.3 Å². The van der Waals surface area contributed by atoms with Crippen LogP contribution in [0.2, 0.25) is 5.02 Å². The summed E-state index contributed by atoms with van der Waals surface area (Å²) in [6.45, 7) is 1.99. The summed E-state index contributed by atoms with van der Waals surface area (Å²) in [6, 6.07) is 6.86. The third-order valence-electron chi connectivity index (χ3n) is 1.93. The molecule has 0 spiro atoms. The Kier molecular flexibility index (Phi) is 4.84. The number of rotatable bonds is 4. The molecule has 0 heterocycles. The highest BCUT2D eigenvalue weighted by atomic mass is 35.5. The Hall–Kier alpha value is -1.50. The van der Waals surface area contributed by atoms with Crippen LogP contribution in [0.25, 0.3) is 0 Å². The van der Waals surface area contributed by atoms with Crippen molar-refractivity contribution < 1.29 is 4.79 Å². The number of carbonyl (C=O) groups is 1. The first-order chi connectivity index (χ1) is 7.61. The topological polar surface area (TPSA) is 41.1 Å². The molecule has 1 unspecified atom stereocenters. The lowest BCUT2D eigenvalue weighted by Gasteiger charge is -2.08. The minimum absolute atomic E-state index is 0.120. The monoisotopic (exact) mass is 236 g/mol. The summed E-state index contributed by atoms with van der Waals surface area (Å²) in [5.41, 5.74) is 0.674. The van der Waals surface area contributed by atoms with Crippen LogP contribution in [-0.2, 0) is 4.79 Å². The highest BCUT2D eigenvalue weighted by Crippen LogP contribution is 2.14. The van der Waals surface area contributed by atoms with Crippen LogP contribution in [0.4, 0.5) is 5.69 Å². The van der Waals surface area contributed by atoms with Crippen molar-refractivity contribution in [1.82, 2.24) is 5.32 Å². The van der Waals surface area contributed by atoms with E-state index in [0.717, 1.165) is 0 Å². The molecule has 1 atom stereocenters. The van der Waals surface area contributed by atoms with Gasteiger partial charge in [-0.25, -0.2) is 0 Å². The smallest absolute Gasteiger partial charge is 0.238 e. The van der Waals surface area contributed by atoms with Crippen molar-refractivity contribution in [3.63, 3.8) is 0 Å². The van der Waals surface area contributed by atoms with Crippen molar-refractivity contribution in [2.45, 2.75) is 13.0 Å². The molecule has 0 aromatic heterocycles. The fraction of sp³-hybridized carbons (Fsp3) is 0.250. The van der Waals surface area contributed by atoms with Crippen molar-refractivity contribution in [1.29, 1.82) is 0 Å². The van der Waals surface area contributed by atoms with Gasteiger partial charge >= 0.3 is 0 Å². The highest BCUT2D eigenvalue weighted by Gasteiger charge is 2.03. The van der Waals surface area contributed by atoms with Crippen molar-refractivity contribution >= 4 is 23.2 Å². The molecule has 1 amide bonds. The Balaban J connectivity index is 2.43. The van der Waals surface area contributed by atoms with Crippen LogP contribution in [0.5, 0.6) is 0 Å². The molecule has 16 heavy (non-hydrogen) atoms. The van der Waals surface area contributed by atoms with E-state index in [1.165, 1.54) is 0 Å². The summed E-state index contributed by atoms with van der Waals surface area (Å²) in [7, 11) is 0. The molecule has 0 saturated heterocycles. The Bertz CT molecular complexity index is 412. The second-order valence-corrected chi connectivity index (χ2v) is 3.76. The van der Waals surface area contributed by atoms with Gasteiger partial charge in [0.15, 0.2) is 0 Å². The van der Waals surface area contributed by atoms with Gasteiger partial charge in [-0.05, 0) is 25.1 Å². The minimum atomic E-state index is -0.149. The summed E-state index contributed by atoms with van der Waals surface area (Å²) in [4.78, 5) is 11.5. The van der Waals surface area contributed by atoms with Gasteiger partial charge in [0.2, 0.25) is 5.91 Å². The quantitative estimate of drug-likeness (QED) is 0.784. The van der Waals surface area contributed by atoms with Gasteiger partial charge in [0.05, 0.1) is 12.6 Å². The van der Waals surface area contributed by atoms with Gasteiger partial charge < -0.3 is 5.32 Å². The van der Waals surface area contributed by atoms with Gasteiger partial charge in [-0.1, -0.05) is 23.6 Å². The molecule has 4 heteroatoms. The maximum absolute atomic E-state index is 11.5. The van der Waals surface area contributed by atoms with E-state index >= 15 is 0 Å². The first-order valence-corrected chi connectivity index (χ1v) is 5.24. The Labute approximate surface area is 100 Å². The number of nitrogens with one attached hydrogen (secondary N) is 2. The number of terminal acetylenes is 1. The van der Waals surface area contributed by atoms with Crippen LogP contribution in [0.3, 0.4) is 0 Å². The van der Waals surface area contributed by atoms with Gasteiger partial charge in [-0.2, -0.15) is 0 Å². The number of benzene rings is 1. The van der Waals surface area contributed by atoms with Crippen LogP contribution in [0.15, 0.2) is 24.3 Å². The second kappa shape index (κ2) is 6.16. The van der Waals surface area contributed by atoms with Crippen molar-refractivity contribution in [2.24, 2.45) is 0 Å². The van der Waals surface area contributed by atoms with Crippen LogP contribution in [-0.4, -0.2) is 18.5 Å². The number of halogens is 1. The molecule has 0 bridgehead atoms. The number of hydrogen-bond acceptors (Lipinski definition) is 2. The van der Waals surface area contributed by atoms with Crippen LogP contribution in [0, 0.1) is 12.3 Å². The van der Waals surface area contributed by atoms with Crippen molar-refractivity contribution in [3.8, 4) is 12.3 Å². The minimum Gasteiger partial charge on any atom is -0.325 e. The molecule has 84 valence electrons. The first-order valence-electron chi connectivity index (χ1n) is 4.86. The number of hydrogen-bond donors (Lipinski definition) is 2. The summed E-state index contributed by atoms with van der Waals surface area (Å²) >= 11 is 5.78. The van der Waals surface area contributed by atoms with Crippen LogP contribution in [0.1, 0.15) is 6.92 Å². The maximum atomic E-state index is 11.5. The molecule has 0 aliphatic heterocycles. The molecular weight excluding hydrogens is 224 g/mol. The predicted molar refractivity (Wildman–Crippen MR) is 66.4 cm³/mol.